The normalized spacial score (nSPS) is 22.0. The van der Waals surface area contributed by atoms with Crippen molar-refractivity contribution in [3.05, 3.63) is 0 Å². The maximum absolute atomic E-state index is 12.9. The van der Waals surface area contributed by atoms with E-state index >= 15 is 0 Å². The van der Waals surface area contributed by atoms with Crippen LogP contribution in [0.15, 0.2) is 0 Å². The first-order valence-electron chi connectivity index (χ1n) is 9.66. The minimum Gasteiger partial charge on any atom is -0.340 e. The van der Waals surface area contributed by atoms with E-state index in [2.05, 4.69) is 0 Å². The molecule has 0 aromatic rings. The Morgan fingerprint density at radius 1 is 0.880 bits per heavy atom. The molecule has 2 aliphatic rings. The van der Waals surface area contributed by atoms with E-state index in [1.165, 1.54) is 0 Å². The maximum Gasteiger partial charge on any atom is 0.282 e. The van der Waals surface area contributed by atoms with E-state index in [1.54, 1.807) is 13.5 Å². The van der Waals surface area contributed by atoms with Gasteiger partial charge in [-0.25, -0.2) is 0 Å². The molecule has 2 rings (SSSR count). The minimum absolute atomic E-state index is 0.0758. The summed E-state index contributed by atoms with van der Waals surface area (Å²) in [6.45, 7) is 7.21. The highest BCUT2D eigenvalue weighted by atomic mass is 32.2. The topological polar surface area (TPSA) is 87.0 Å². The summed E-state index contributed by atoms with van der Waals surface area (Å²) in [4.78, 5) is 14.7. The summed E-state index contributed by atoms with van der Waals surface area (Å²) in [6.07, 6.45) is 5.50. The second-order valence-corrected chi connectivity index (χ2v) is 9.13. The lowest BCUT2D eigenvalue weighted by Gasteiger charge is -2.40. The van der Waals surface area contributed by atoms with Crippen LogP contribution in [0.4, 0.5) is 0 Å². The molecule has 146 valence electrons. The van der Waals surface area contributed by atoms with E-state index in [0.29, 0.717) is 58.7 Å². The van der Waals surface area contributed by atoms with E-state index in [4.69, 9.17) is 5.73 Å². The third-order valence-corrected chi connectivity index (χ3v) is 7.98. The Balaban J connectivity index is 1.99. The van der Waals surface area contributed by atoms with Crippen LogP contribution >= 0.6 is 0 Å². The number of nitrogens with zero attached hydrogens (tertiary/aromatic N) is 3. The number of hydrogen-bond acceptors (Lipinski definition) is 4. The van der Waals surface area contributed by atoms with Crippen LogP contribution in [0.1, 0.15) is 52.4 Å². The molecule has 1 amide bonds. The second kappa shape index (κ2) is 8.79. The number of carbonyl (C=O) groups excluding carboxylic acids is 1. The van der Waals surface area contributed by atoms with Crippen molar-refractivity contribution in [1.82, 2.24) is 13.5 Å². The Bertz CT molecular complexity index is 524. The Morgan fingerprint density at radius 3 is 1.80 bits per heavy atom. The van der Waals surface area contributed by atoms with Gasteiger partial charge in [0.2, 0.25) is 5.91 Å². The van der Waals surface area contributed by atoms with Crippen LogP contribution < -0.4 is 5.73 Å². The molecule has 0 saturated carbocycles. The Kier molecular flexibility index (Phi) is 7.25. The molecule has 25 heavy (non-hydrogen) atoms. The fourth-order valence-corrected chi connectivity index (χ4v) is 5.49. The zero-order chi connectivity index (χ0) is 18.5. The molecule has 0 atom stereocenters. The lowest BCUT2D eigenvalue weighted by Crippen LogP contribution is -2.57. The van der Waals surface area contributed by atoms with Crippen LogP contribution in [0.5, 0.6) is 0 Å². The monoisotopic (exact) mass is 374 g/mol. The summed E-state index contributed by atoms with van der Waals surface area (Å²) in [5, 5.41) is 0. The fraction of sp³-hybridized carbons (Fsp3) is 0.941. The number of amides is 1. The van der Waals surface area contributed by atoms with Crippen molar-refractivity contribution in [1.29, 1.82) is 0 Å². The Hall–Kier alpha value is -0.700. The van der Waals surface area contributed by atoms with Crippen LogP contribution in [0.25, 0.3) is 0 Å². The SMILES string of the molecule is CCC(CC)(CN)C(=O)N1CCN(S(=O)(=O)N2CCCCCC2)CC1. The van der Waals surface area contributed by atoms with Crippen LogP contribution in [0.3, 0.4) is 0 Å². The molecule has 0 bridgehead atoms. The summed E-state index contributed by atoms with van der Waals surface area (Å²) < 4.78 is 28.9. The molecular weight excluding hydrogens is 340 g/mol. The highest BCUT2D eigenvalue weighted by Crippen LogP contribution is 2.28. The van der Waals surface area contributed by atoms with E-state index in [1.807, 2.05) is 13.8 Å². The first-order valence-corrected chi connectivity index (χ1v) is 11.1. The van der Waals surface area contributed by atoms with Gasteiger partial charge in [0.25, 0.3) is 10.2 Å². The van der Waals surface area contributed by atoms with Gasteiger partial charge in [0.05, 0.1) is 5.41 Å². The molecule has 2 N–H and O–H groups in total. The summed E-state index contributed by atoms with van der Waals surface area (Å²) in [5.41, 5.74) is 5.38. The van der Waals surface area contributed by atoms with E-state index in [0.717, 1.165) is 25.7 Å². The van der Waals surface area contributed by atoms with Gasteiger partial charge in [0.15, 0.2) is 0 Å². The molecule has 2 saturated heterocycles. The third-order valence-electron chi connectivity index (χ3n) is 5.94. The largest absolute Gasteiger partial charge is 0.340 e. The number of carbonyl (C=O) groups is 1. The van der Waals surface area contributed by atoms with Crippen molar-refractivity contribution in [2.24, 2.45) is 11.1 Å². The zero-order valence-electron chi connectivity index (χ0n) is 15.7. The average molecular weight is 375 g/mol. The number of nitrogens with two attached hydrogens (primary N) is 1. The van der Waals surface area contributed by atoms with Gasteiger partial charge in [0, 0.05) is 45.8 Å². The van der Waals surface area contributed by atoms with Crippen molar-refractivity contribution in [2.75, 3.05) is 45.8 Å². The summed E-state index contributed by atoms with van der Waals surface area (Å²) >= 11 is 0. The van der Waals surface area contributed by atoms with Crippen molar-refractivity contribution in [3.8, 4) is 0 Å². The molecule has 0 spiro atoms. The van der Waals surface area contributed by atoms with Crippen LogP contribution in [-0.2, 0) is 15.0 Å². The Labute approximate surface area is 152 Å². The number of hydrogen-bond donors (Lipinski definition) is 1. The maximum atomic E-state index is 12.9. The van der Waals surface area contributed by atoms with Crippen molar-refractivity contribution < 1.29 is 13.2 Å². The number of piperazine rings is 1. The molecule has 0 aliphatic carbocycles. The Morgan fingerprint density at radius 2 is 1.36 bits per heavy atom. The van der Waals surface area contributed by atoms with Gasteiger partial charge in [-0.2, -0.15) is 17.0 Å². The van der Waals surface area contributed by atoms with Gasteiger partial charge in [-0.15, -0.1) is 0 Å². The molecule has 0 aromatic heterocycles. The lowest BCUT2D eigenvalue weighted by atomic mass is 9.81. The summed E-state index contributed by atoms with van der Waals surface area (Å²) in [6, 6.07) is 0. The van der Waals surface area contributed by atoms with Crippen molar-refractivity contribution >= 4 is 16.1 Å². The highest BCUT2D eigenvalue weighted by Gasteiger charge is 2.40. The fourth-order valence-electron chi connectivity index (χ4n) is 3.82. The predicted octanol–water partition coefficient (Wildman–Crippen LogP) is 1.02. The first kappa shape index (κ1) is 20.6. The van der Waals surface area contributed by atoms with Crippen molar-refractivity contribution in [2.45, 2.75) is 52.4 Å². The third kappa shape index (κ3) is 4.35. The van der Waals surface area contributed by atoms with Gasteiger partial charge >= 0.3 is 0 Å². The molecule has 0 aromatic carbocycles. The van der Waals surface area contributed by atoms with E-state index < -0.39 is 15.6 Å². The zero-order valence-corrected chi connectivity index (χ0v) is 16.6. The summed E-state index contributed by atoms with van der Waals surface area (Å²) in [7, 11) is -3.41. The highest BCUT2D eigenvalue weighted by molar-refractivity contribution is 7.86. The van der Waals surface area contributed by atoms with E-state index in [-0.39, 0.29) is 5.91 Å². The molecule has 2 heterocycles. The molecule has 0 unspecified atom stereocenters. The molecule has 2 aliphatic heterocycles. The molecular formula is C17H34N4O3S. The van der Waals surface area contributed by atoms with E-state index in [9.17, 15) is 13.2 Å². The average Bonchev–Trinajstić information content (AvgIpc) is 2.93. The molecule has 0 radical (unpaired) electrons. The first-order chi connectivity index (χ1) is 11.9. The number of rotatable bonds is 6. The standard InChI is InChI=1S/C17H34N4O3S/c1-3-17(4-2,15-18)16(22)19-11-13-21(14-12-19)25(23,24)20-9-7-5-6-8-10-20/h3-15,18H2,1-2H3. The van der Waals surface area contributed by atoms with Crippen LogP contribution in [0, 0.1) is 5.41 Å². The van der Waals surface area contributed by atoms with Crippen LogP contribution in [0.2, 0.25) is 0 Å². The predicted molar refractivity (Wildman–Crippen MR) is 99.2 cm³/mol. The summed E-state index contributed by atoms with van der Waals surface area (Å²) in [5.74, 6) is 0.0758. The van der Waals surface area contributed by atoms with Crippen LogP contribution in [-0.4, -0.2) is 73.6 Å². The quantitative estimate of drug-likeness (QED) is 0.752. The lowest BCUT2D eigenvalue weighted by molar-refractivity contribution is -0.143. The van der Waals surface area contributed by atoms with Gasteiger partial charge in [-0.05, 0) is 25.7 Å². The van der Waals surface area contributed by atoms with Gasteiger partial charge < -0.3 is 10.6 Å². The van der Waals surface area contributed by atoms with Gasteiger partial charge in [-0.3, -0.25) is 4.79 Å². The minimum atomic E-state index is -3.41. The second-order valence-electron chi connectivity index (χ2n) is 7.20. The van der Waals surface area contributed by atoms with Gasteiger partial charge in [0.1, 0.15) is 0 Å². The molecule has 8 heteroatoms. The molecule has 2 fully saturated rings. The van der Waals surface area contributed by atoms with Crippen molar-refractivity contribution in [3.63, 3.8) is 0 Å². The smallest absolute Gasteiger partial charge is 0.282 e. The molecule has 7 nitrogen and oxygen atoms in total. The van der Waals surface area contributed by atoms with Gasteiger partial charge in [-0.1, -0.05) is 26.7 Å².